The molecule has 0 amide bonds. The summed E-state index contributed by atoms with van der Waals surface area (Å²) in [6.45, 7) is 0. The van der Waals surface area contributed by atoms with Gasteiger partial charge < -0.3 is 4.57 Å². The molecule has 0 atom stereocenters. The summed E-state index contributed by atoms with van der Waals surface area (Å²) in [5.74, 6) is 0.684. The molecule has 0 saturated heterocycles. The highest BCUT2D eigenvalue weighted by atomic mass is 15.0. The smallest absolute Gasteiger partial charge is 0.160 e. The van der Waals surface area contributed by atoms with Gasteiger partial charge in [0.05, 0.1) is 22.4 Å². The Kier molecular flexibility index (Phi) is 9.17. The zero-order valence-corrected chi connectivity index (χ0v) is 36.5. The van der Waals surface area contributed by atoms with Gasteiger partial charge in [-0.15, -0.1) is 0 Å². The lowest BCUT2D eigenvalue weighted by Crippen LogP contribution is -1.96. The maximum atomic E-state index is 5.30. The van der Waals surface area contributed by atoms with Crippen molar-refractivity contribution >= 4 is 54.1 Å². The molecule has 0 radical (unpaired) electrons. The zero-order chi connectivity index (χ0) is 44.3. The maximum absolute atomic E-state index is 5.30. The first-order chi connectivity index (χ1) is 33.2. The van der Waals surface area contributed by atoms with Gasteiger partial charge in [0.1, 0.15) is 0 Å². The molecule has 67 heavy (non-hydrogen) atoms. The van der Waals surface area contributed by atoms with Gasteiger partial charge in [0.25, 0.3) is 0 Å². The van der Waals surface area contributed by atoms with Crippen LogP contribution in [0.4, 0.5) is 0 Å². The van der Waals surface area contributed by atoms with E-state index in [1.807, 2.05) is 0 Å². The van der Waals surface area contributed by atoms with Gasteiger partial charge in [0.15, 0.2) is 5.82 Å². The van der Waals surface area contributed by atoms with Gasteiger partial charge in [0, 0.05) is 33.2 Å². The molecule has 0 aliphatic carbocycles. The lowest BCUT2D eigenvalue weighted by Gasteiger charge is -2.15. The van der Waals surface area contributed by atoms with Crippen LogP contribution < -0.4 is 0 Å². The molecule has 0 fully saturated rings. The summed E-state index contributed by atoms with van der Waals surface area (Å²) in [6.07, 6.45) is 0. The Hall–Kier alpha value is -8.92. The van der Waals surface area contributed by atoms with Crippen molar-refractivity contribution in [2.45, 2.75) is 0 Å². The number of rotatable bonds is 7. The number of hydrogen-bond acceptors (Lipinski definition) is 2. The Balaban J connectivity index is 0.908. The highest BCUT2D eigenvalue weighted by Gasteiger charge is 2.17. The Bertz CT molecular complexity index is 3980. The summed E-state index contributed by atoms with van der Waals surface area (Å²) in [6, 6.07) is 89.4. The highest BCUT2D eigenvalue weighted by molar-refractivity contribution is 6.20. The van der Waals surface area contributed by atoms with Crippen LogP contribution in [0.25, 0.3) is 127 Å². The van der Waals surface area contributed by atoms with Crippen molar-refractivity contribution in [1.29, 1.82) is 0 Å². The van der Waals surface area contributed by atoms with Crippen molar-refractivity contribution in [3.63, 3.8) is 0 Å². The molecule has 2 aromatic heterocycles. The van der Waals surface area contributed by atoms with E-state index in [9.17, 15) is 0 Å². The van der Waals surface area contributed by atoms with Gasteiger partial charge in [-0.05, 0) is 102 Å². The van der Waals surface area contributed by atoms with Crippen LogP contribution in [-0.2, 0) is 0 Å². The molecule has 0 spiro atoms. The van der Waals surface area contributed by atoms with Crippen molar-refractivity contribution in [2.75, 3.05) is 0 Å². The molecule has 0 bridgehead atoms. The minimum Gasteiger partial charge on any atom is -0.309 e. The number of hydrogen-bond donors (Lipinski definition) is 0. The molecule has 0 unspecified atom stereocenters. The lowest BCUT2D eigenvalue weighted by atomic mass is 9.89. The number of benzene rings is 11. The van der Waals surface area contributed by atoms with E-state index in [4.69, 9.17) is 9.97 Å². The van der Waals surface area contributed by atoms with Crippen LogP contribution in [0.15, 0.2) is 249 Å². The second-order valence-electron chi connectivity index (χ2n) is 17.3. The Morgan fingerprint density at radius 1 is 0.254 bits per heavy atom. The van der Waals surface area contributed by atoms with Crippen LogP contribution in [0.1, 0.15) is 0 Å². The summed E-state index contributed by atoms with van der Waals surface area (Å²) in [5, 5.41) is 9.96. The van der Waals surface area contributed by atoms with Gasteiger partial charge >= 0.3 is 0 Å². The number of para-hydroxylation sites is 2. The van der Waals surface area contributed by atoms with Crippen molar-refractivity contribution in [2.24, 2.45) is 0 Å². The van der Waals surface area contributed by atoms with Crippen LogP contribution in [-0.4, -0.2) is 14.5 Å². The summed E-state index contributed by atoms with van der Waals surface area (Å²) >= 11 is 0. The number of fused-ring (bicyclic) bond motifs is 7. The summed E-state index contributed by atoms with van der Waals surface area (Å²) in [7, 11) is 0. The number of aromatic nitrogens is 3. The van der Waals surface area contributed by atoms with Crippen LogP contribution in [0.2, 0.25) is 0 Å². The molecule has 0 saturated carbocycles. The van der Waals surface area contributed by atoms with Gasteiger partial charge in [-0.2, -0.15) is 0 Å². The first kappa shape index (κ1) is 38.5. The molecule has 11 aromatic carbocycles. The SMILES string of the molecule is c1ccc(-c2ccc(-c3cc(-c4ccc(-c5ccc6c7ccccc7n(-c7ccccc7)c6c5)cc4)nc(-c4ccc(-c5c6ccccc6cc6c5ccc5ccccc56)cc4)n3)cc2)cc1. The third-order valence-corrected chi connectivity index (χ3v) is 13.4. The van der Waals surface area contributed by atoms with Crippen LogP contribution in [0, 0.1) is 0 Å². The predicted molar refractivity (Wildman–Crippen MR) is 282 cm³/mol. The van der Waals surface area contributed by atoms with Gasteiger partial charge in [-0.3, -0.25) is 0 Å². The standard InChI is InChI=1S/C64H41N3/c1-3-13-42(14-4-1)43-23-27-46(28-24-43)59-41-60(47-29-25-44(26-30-47)50-36-37-56-55-21-11-12-22-61(55)67(62(56)40-50)52-17-5-2-6-18-52)66-64(65-59)49-33-31-48(32-34-49)63-54-20-10-8-16-51(54)39-58-53-19-9-7-15-45(53)35-38-57(58)63/h1-41H. The molecular weight excluding hydrogens is 811 g/mol. The van der Waals surface area contributed by atoms with E-state index >= 15 is 0 Å². The largest absolute Gasteiger partial charge is 0.309 e. The van der Waals surface area contributed by atoms with Crippen molar-refractivity contribution in [3.8, 4) is 73.0 Å². The van der Waals surface area contributed by atoms with Crippen LogP contribution in [0.5, 0.6) is 0 Å². The Morgan fingerprint density at radius 2 is 0.746 bits per heavy atom. The molecule has 312 valence electrons. The van der Waals surface area contributed by atoms with Gasteiger partial charge in [0.2, 0.25) is 0 Å². The third-order valence-electron chi connectivity index (χ3n) is 13.4. The first-order valence-electron chi connectivity index (χ1n) is 22.9. The van der Waals surface area contributed by atoms with E-state index < -0.39 is 0 Å². The maximum Gasteiger partial charge on any atom is 0.160 e. The molecule has 0 aliphatic rings. The van der Waals surface area contributed by atoms with E-state index in [1.165, 1.54) is 70.8 Å². The van der Waals surface area contributed by atoms with Crippen LogP contribution >= 0.6 is 0 Å². The van der Waals surface area contributed by atoms with E-state index in [0.29, 0.717) is 5.82 Å². The molecular formula is C64H41N3. The van der Waals surface area contributed by atoms with E-state index in [1.54, 1.807) is 0 Å². The fourth-order valence-corrected chi connectivity index (χ4v) is 10.1. The molecule has 0 N–H and O–H groups in total. The van der Waals surface area contributed by atoms with Crippen molar-refractivity contribution < 1.29 is 0 Å². The monoisotopic (exact) mass is 851 g/mol. The Morgan fingerprint density at radius 3 is 1.46 bits per heavy atom. The third kappa shape index (κ3) is 6.76. The average molecular weight is 852 g/mol. The van der Waals surface area contributed by atoms with E-state index in [2.05, 4.69) is 253 Å². The highest BCUT2D eigenvalue weighted by Crippen LogP contribution is 2.41. The molecule has 2 heterocycles. The minimum absolute atomic E-state index is 0.684. The quantitative estimate of drug-likeness (QED) is 0.118. The van der Waals surface area contributed by atoms with Crippen molar-refractivity contribution in [3.05, 3.63) is 249 Å². The van der Waals surface area contributed by atoms with Crippen LogP contribution in [0.3, 0.4) is 0 Å². The summed E-state index contributed by atoms with van der Waals surface area (Å²) in [4.78, 5) is 10.6. The molecule has 3 heteroatoms. The lowest BCUT2D eigenvalue weighted by molar-refractivity contribution is 1.18. The van der Waals surface area contributed by atoms with E-state index in [0.717, 1.165) is 50.5 Å². The van der Waals surface area contributed by atoms with Crippen molar-refractivity contribution in [1.82, 2.24) is 14.5 Å². The average Bonchev–Trinajstić information content (AvgIpc) is 3.74. The second-order valence-corrected chi connectivity index (χ2v) is 17.3. The van der Waals surface area contributed by atoms with Gasteiger partial charge in [-0.1, -0.05) is 212 Å². The predicted octanol–water partition coefficient (Wildman–Crippen LogP) is 17.0. The van der Waals surface area contributed by atoms with E-state index in [-0.39, 0.29) is 0 Å². The fraction of sp³-hybridized carbons (Fsp3) is 0. The topological polar surface area (TPSA) is 30.7 Å². The minimum atomic E-state index is 0.684. The second kappa shape index (κ2) is 16.0. The normalized spacial score (nSPS) is 11.6. The molecule has 3 nitrogen and oxygen atoms in total. The zero-order valence-electron chi connectivity index (χ0n) is 36.5. The Labute approximate surface area is 388 Å². The van der Waals surface area contributed by atoms with Gasteiger partial charge in [-0.25, -0.2) is 9.97 Å². The summed E-state index contributed by atoms with van der Waals surface area (Å²) in [5.41, 5.74) is 15.4. The fourth-order valence-electron chi connectivity index (χ4n) is 10.1. The molecule has 13 rings (SSSR count). The molecule has 13 aromatic rings. The molecule has 0 aliphatic heterocycles. The number of nitrogens with zero attached hydrogens (tertiary/aromatic N) is 3. The summed E-state index contributed by atoms with van der Waals surface area (Å²) < 4.78 is 2.37. The first-order valence-corrected chi connectivity index (χ1v) is 22.9.